The first-order valence-electron chi connectivity index (χ1n) is 7.64. The van der Waals surface area contributed by atoms with Crippen molar-refractivity contribution in [2.24, 2.45) is 0 Å². The van der Waals surface area contributed by atoms with Crippen molar-refractivity contribution in [2.75, 3.05) is 13.2 Å². The van der Waals surface area contributed by atoms with Crippen LogP contribution in [0.5, 0.6) is 5.75 Å². The number of nitrogens with one attached hydrogen (secondary N) is 1. The molecule has 2 atom stereocenters. The number of halogens is 1. The predicted octanol–water partition coefficient (Wildman–Crippen LogP) is 2.25. The maximum atomic E-state index is 12.6. The van der Waals surface area contributed by atoms with Crippen molar-refractivity contribution in [3.8, 4) is 5.75 Å². The Bertz CT molecular complexity index is 762. The van der Waals surface area contributed by atoms with Gasteiger partial charge in [-0.15, -0.1) is 0 Å². The van der Waals surface area contributed by atoms with Gasteiger partial charge in [-0.25, -0.2) is 4.79 Å². The van der Waals surface area contributed by atoms with Crippen molar-refractivity contribution >= 4 is 27.9 Å². The molecule has 2 aromatic rings. The second kappa shape index (κ2) is 6.89. The SMILES string of the molecule is CC1(c2ccco2)NC(=O)N(CC(O)COc2ccc(Br)cc2)C1=O. The zero-order valence-electron chi connectivity index (χ0n) is 13.4. The molecular formula is C17H17BrN2O5. The molecule has 3 amide bonds. The maximum Gasteiger partial charge on any atom is 0.325 e. The molecular weight excluding hydrogens is 392 g/mol. The van der Waals surface area contributed by atoms with Gasteiger partial charge < -0.3 is 19.6 Å². The molecule has 1 aromatic heterocycles. The molecule has 3 rings (SSSR count). The van der Waals surface area contributed by atoms with Crippen LogP contribution in [-0.4, -0.2) is 41.2 Å². The Morgan fingerprint density at radius 2 is 2.04 bits per heavy atom. The van der Waals surface area contributed by atoms with Gasteiger partial charge >= 0.3 is 6.03 Å². The molecule has 132 valence electrons. The van der Waals surface area contributed by atoms with Crippen LogP contribution in [0.3, 0.4) is 0 Å². The largest absolute Gasteiger partial charge is 0.491 e. The fraction of sp³-hybridized carbons (Fsp3) is 0.294. The van der Waals surface area contributed by atoms with Crippen LogP contribution in [0, 0.1) is 0 Å². The first-order valence-corrected chi connectivity index (χ1v) is 8.44. The molecule has 1 fully saturated rings. The number of hydrogen-bond acceptors (Lipinski definition) is 5. The van der Waals surface area contributed by atoms with E-state index in [0.29, 0.717) is 11.5 Å². The number of hydrogen-bond donors (Lipinski definition) is 2. The van der Waals surface area contributed by atoms with Crippen LogP contribution in [-0.2, 0) is 10.3 Å². The zero-order chi connectivity index (χ0) is 18.0. The van der Waals surface area contributed by atoms with E-state index in [9.17, 15) is 14.7 Å². The molecule has 1 aliphatic heterocycles. The van der Waals surface area contributed by atoms with Crippen molar-refractivity contribution < 1.29 is 23.8 Å². The number of urea groups is 1. The van der Waals surface area contributed by atoms with Crippen LogP contribution in [0.2, 0.25) is 0 Å². The van der Waals surface area contributed by atoms with Gasteiger partial charge in [0, 0.05) is 4.47 Å². The Morgan fingerprint density at radius 1 is 1.32 bits per heavy atom. The summed E-state index contributed by atoms with van der Waals surface area (Å²) in [6.45, 7) is 1.35. The van der Waals surface area contributed by atoms with E-state index >= 15 is 0 Å². The highest BCUT2D eigenvalue weighted by atomic mass is 79.9. The predicted molar refractivity (Wildman–Crippen MR) is 91.9 cm³/mol. The highest BCUT2D eigenvalue weighted by Gasteiger charge is 2.51. The third-order valence-electron chi connectivity index (χ3n) is 3.94. The molecule has 7 nitrogen and oxygen atoms in total. The minimum Gasteiger partial charge on any atom is -0.491 e. The van der Waals surface area contributed by atoms with Crippen LogP contribution in [0.25, 0.3) is 0 Å². The fourth-order valence-corrected chi connectivity index (χ4v) is 2.84. The number of carbonyl (C=O) groups is 2. The summed E-state index contributed by atoms with van der Waals surface area (Å²) in [6, 6.07) is 9.81. The van der Waals surface area contributed by atoms with Crippen molar-refractivity contribution in [3.05, 3.63) is 52.9 Å². The highest BCUT2D eigenvalue weighted by molar-refractivity contribution is 9.10. The van der Waals surface area contributed by atoms with E-state index in [2.05, 4.69) is 21.2 Å². The lowest BCUT2D eigenvalue weighted by molar-refractivity contribution is -0.132. The fourth-order valence-electron chi connectivity index (χ4n) is 2.58. The van der Waals surface area contributed by atoms with Gasteiger partial charge in [-0.05, 0) is 43.3 Å². The van der Waals surface area contributed by atoms with Crippen LogP contribution in [0.15, 0.2) is 51.6 Å². The molecule has 25 heavy (non-hydrogen) atoms. The topological polar surface area (TPSA) is 92.0 Å². The van der Waals surface area contributed by atoms with E-state index in [4.69, 9.17) is 9.15 Å². The summed E-state index contributed by atoms with van der Waals surface area (Å²) >= 11 is 3.32. The average Bonchev–Trinajstić information content (AvgIpc) is 3.19. The van der Waals surface area contributed by atoms with E-state index < -0.39 is 23.6 Å². The molecule has 8 heteroatoms. The third kappa shape index (κ3) is 3.54. The molecule has 0 radical (unpaired) electrons. The van der Waals surface area contributed by atoms with Crippen molar-refractivity contribution in [2.45, 2.75) is 18.6 Å². The Hall–Kier alpha value is -2.32. The first-order chi connectivity index (χ1) is 11.9. The van der Waals surface area contributed by atoms with Crippen LogP contribution in [0.1, 0.15) is 12.7 Å². The van der Waals surface area contributed by atoms with Gasteiger partial charge in [-0.3, -0.25) is 9.69 Å². The van der Waals surface area contributed by atoms with E-state index in [0.717, 1.165) is 9.37 Å². The van der Waals surface area contributed by atoms with Gasteiger partial charge in [0.25, 0.3) is 5.91 Å². The number of ether oxygens (including phenoxy) is 1. The van der Waals surface area contributed by atoms with E-state index in [1.165, 1.54) is 6.26 Å². The van der Waals surface area contributed by atoms with Crippen LogP contribution >= 0.6 is 15.9 Å². The smallest absolute Gasteiger partial charge is 0.325 e. The summed E-state index contributed by atoms with van der Waals surface area (Å²) in [6.07, 6.45) is 0.418. The molecule has 2 N–H and O–H groups in total. The molecule has 1 aliphatic rings. The van der Waals surface area contributed by atoms with Crippen molar-refractivity contribution in [3.63, 3.8) is 0 Å². The average molecular weight is 409 g/mol. The van der Waals surface area contributed by atoms with Gasteiger partial charge in [0.05, 0.1) is 12.8 Å². The van der Waals surface area contributed by atoms with Crippen molar-refractivity contribution in [1.29, 1.82) is 0 Å². The number of rotatable bonds is 6. The maximum absolute atomic E-state index is 12.6. The quantitative estimate of drug-likeness (QED) is 0.715. The second-order valence-corrected chi connectivity index (χ2v) is 6.78. The third-order valence-corrected chi connectivity index (χ3v) is 4.47. The molecule has 0 aliphatic carbocycles. The Balaban J connectivity index is 1.61. The number of carbonyl (C=O) groups excluding carboxylic acids is 2. The number of amides is 3. The molecule has 1 aromatic carbocycles. The van der Waals surface area contributed by atoms with Crippen molar-refractivity contribution in [1.82, 2.24) is 10.2 Å². The highest BCUT2D eigenvalue weighted by Crippen LogP contribution is 2.29. The number of furan rings is 1. The lowest BCUT2D eigenvalue weighted by Gasteiger charge is -2.20. The van der Waals surface area contributed by atoms with Gasteiger partial charge in [0.2, 0.25) is 0 Å². The summed E-state index contributed by atoms with van der Waals surface area (Å²) in [4.78, 5) is 25.7. The number of aliphatic hydroxyl groups is 1. The lowest BCUT2D eigenvalue weighted by atomic mass is 9.99. The number of β-amino-alcohol motifs (C(OH)–C–C–N with tert-alkyl or cyclic N) is 1. The standard InChI is InChI=1S/C17H17BrN2O5/c1-17(14-3-2-8-24-14)15(22)20(16(23)19-17)9-12(21)10-25-13-6-4-11(18)5-7-13/h2-8,12,21H,9-10H2,1H3,(H,19,23). The van der Waals surface area contributed by atoms with E-state index in [1.807, 2.05) is 12.1 Å². The summed E-state index contributed by atoms with van der Waals surface area (Å²) in [5.41, 5.74) is -1.27. The minimum atomic E-state index is -1.27. The van der Waals surface area contributed by atoms with Gasteiger partial charge in [0.15, 0.2) is 5.54 Å². The van der Waals surface area contributed by atoms with Gasteiger partial charge in [-0.1, -0.05) is 15.9 Å². The summed E-state index contributed by atoms with van der Waals surface area (Å²) in [5, 5.41) is 12.7. The lowest BCUT2D eigenvalue weighted by Crippen LogP contribution is -2.42. The van der Waals surface area contributed by atoms with Crippen LogP contribution in [0.4, 0.5) is 4.79 Å². The van der Waals surface area contributed by atoms with Gasteiger partial charge in [0.1, 0.15) is 24.2 Å². The van der Waals surface area contributed by atoms with Crippen LogP contribution < -0.4 is 10.1 Å². The normalized spacial score (nSPS) is 21.3. The summed E-state index contributed by atoms with van der Waals surface area (Å²) < 4.78 is 11.6. The molecule has 0 bridgehead atoms. The molecule has 0 spiro atoms. The number of imide groups is 1. The minimum absolute atomic E-state index is 0.0455. The summed E-state index contributed by atoms with van der Waals surface area (Å²) in [5.74, 6) is 0.448. The van der Waals surface area contributed by atoms with E-state index in [-0.39, 0.29) is 13.2 Å². The van der Waals surface area contributed by atoms with Gasteiger partial charge in [-0.2, -0.15) is 0 Å². The molecule has 0 saturated carbocycles. The molecule has 2 unspecified atom stereocenters. The molecule has 1 saturated heterocycles. The zero-order valence-corrected chi connectivity index (χ0v) is 15.0. The number of nitrogens with zero attached hydrogens (tertiary/aromatic N) is 1. The second-order valence-electron chi connectivity index (χ2n) is 5.87. The monoisotopic (exact) mass is 408 g/mol. The molecule has 2 heterocycles. The van der Waals surface area contributed by atoms with E-state index in [1.54, 1.807) is 31.2 Å². The summed E-state index contributed by atoms with van der Waals surface area (Å²) in [7, 11) is 0. The Kier molecular flexibility index (Phi) is 4.82. The number of benzene rings is 1. The Labute approximate surface area is 152 Å². The number of aliphatic hydroxyl groups excluding tert-OH is 1. The Morgan fingerprint density at radius 3 is 2.68 bits per heavy atom. The first kappa shape index (κ1) is 17.5.